The van der Waals surface area contributed by atoms with Crippen LogP contribution >= 0.6 is 11.3 Å². The number of aromatic nitrogens is 1. The van der Waals surface area contributed by atoms with E-state index in [1.54, 1.807) is 18.2 Å². The number of aryl methyl sites for hydroxylation is 2. The van der Waals surface area contributed by atoms with E-state index in [1.165, 1.54) is 11.3 Å². The minimum absolute atomic E-state index is 0.193. The lowest BCUT2D eigenvalue weighted by atomic mass is 10.1. The van der Waals surface area contributed by atoms with Gasteiger partial charge in [-0.3, -0.25) is 0 Å². The molecule has 2 rings (SSSR count). The standard InChI is InChI=1S/C13H17N3O2S2/c1-9-3-4-13(5-11(9)6-14)20(17,18)15-7-12-8-19-10(2)16-12/h3-5,8,15H,6-7,14H2,1-2H3. The fourth-order valence-corrected chi connectivity index (χ4v) is 3.44. The first-order chi connectivity index (χ1) is 9.42. The van der Waals surface area contributed by atoms with E-state index in [-0.39, 0.29) is 11.4 Å². The van der Waals surface area contributed by atoms with Crippen molar-refractivity contribution in [3.05, 3.63) is 45.4 Å². The van der Waals surface area contributed by atoms with Gasteiger partial charge in [0.2, 0.25) is 10.0 Å². The second-order valence-corrected chi connectivity index (χ2v) is 7.30. The third-order valence-corrected chi connectivity index (χ3v) is 5.18. The first-order valence-electron chi connectivity index (χ1n) is 6.12. The summed E-state index contributed by atoms with van der Waals surface area (Å²) in [6, 6.07) is 4.97. The minimum Gasteiger partial charge on any atom is -0.326 e. The van der Waals surface area contributed by atoms with Crippen molar-refractivity contribution in [1.82, 2.24) is 9.71 Å². The van der Waals surface area contributed by atoms with Crippen molar-refractivity contribution in [2.24, 2.45) is 5.73 Å². The van der Waals surface area contributed by atoms with Crippen LogP contribution in [-0.4, -0.2) is 13.4 Å². The minimum atomic E-state index is -3.54. The first-order valence-corrected chi connectivity index (χ1v) is 8.49. The van der Waals surface area contributed by atoms with E-state index in [0.29, 0.717) is 6.54 Å². The van der Waals surface area contributed by atoms with E-state index in [1.807, 2.05) is 19.2 Å². The van der Waals surface area contributed by atoms with E-state index in [2.05, 4.69) is 9.71 Å². The highest BCUT2D eigenvalue weighted by Crippen LogP contribution is 2.16. The normalized spacial score (nSPS) is 11.8. The zero-order valence-corrected chi connectivity index (χ0v) is 13.0. The van der Waals surface area contributed by atoms with Crippen molar-refractivity contribution in [2.75, 3.05) is 0 Å². The molecule has 3 N–H and O–H groups in total. The van der Waals surface area contributed by atoms with Crippen molar-refractivity contribution < 1.29 is 8.42 Å². The Hall–Kier alpha value is -1.28. The molecular formula is C13H17N3O2S2. The van der Waals surface area contributed by atoms with Gasteiger partial charge in [0.05, 0.1) is 22.1 Å². The molecule has 7 heteroatoms. The first kappa shape index (κ1) is 15.1. The number of rotatable bonds is 5. The molecule has 0 aliphatic carbocycles. The topological polar surface area (TPSA) is 85.1 Å². The molecule has 20 heavy (non-hydrogen) atoms. The fourth-order valence-electron chi connectivity index (χ4n) is 1.78. The Morgan fingerprint density at radius 3 is 2.70 bits per heavy atom. The molecule has 0 saturated carbocycles. The quantitative estimate of drug-likeness (QED) is 0.880. The van der Waals surface area contributed by atoms with Gasteiger partial charge in [-0.15, -0.1) is 11.3 Å². The van der Waals surface area contributed by atoms with Gasteiger partial charge in [0, 0.05) is 11.9 Å². The lowest BCUT2D eigenvalue weighted by Crippen LogP contribution is -2.23. The van der Waals surface area contributed by atoms with Gasteiger partial charge in [-0.1, -0.05) is 6.07 Å². The Labute approximate surface area is 122 Å². The van der Waals surface area contributed by atoms with Gasteiger partial charge < -0.3 is 5.73 Å². The molecule has 0 saturated heterocycles. The maximum absolute atomic E-state index is 12.2. The van der Waals surface area contributed by atoms with Crippen molar-refractivity contribution in [2.45, 2.75) is 31.8 Å². The van der Waals surface area contributed by atoms with Gasteiger partial charge in [-0.25, -0.2) is 18.1 Å². The third-order valence-electron chi connectivity index (χ3n) is 2.96. The van der Waals surface area contributed by atoms with Crippen molar-refractivity contribution in [3.63, 3.8) is 0 Å². The van der Waals surface area contributed by atoms with Crippen LogP contribution in [-0.2, 0) is 23.1 Å². The molecule has 1 aromatic heterocycles. The highest BCUT2D eigenvalue weighted by molar-refractivity contribution is 7.89. The number of sulfonamides is 1. The van der Waals surface area contributed by atoms with Gasteiger partial charge in [-0.2, -0.15) is 0 Å². The van der Waals surface area contributed by atoms with Gasteiger partial charge >= 0.3 is 0 Å². The predicted molar refractivity (Wildman–Crippen MR) is 79.9 cm³/mol. The average Bonchev–Trinajstić information content (AvgIpc) is 2.83. The van der Waals surface area contributed by atoms with Crippen LogP contribution in [0, 0.1) is 13.8 Å². The molecule has 0 atom stereocenters. The maximum atomic E-state index is 12.2. The van der Waals surface area contributed by atoms with Crippen LogP contribution in [0.5, 0.6) is 0 Å². The Kier molecular flexibility index (Phi) is 4.54. The molecule has 0 aliphatic rings. The number of benzene rings is 1. The molecular weight excluding hydrogens is 294 g/mol. The number of nitrogens with zero attached hydrogens (tertiary/aromatic N) is 1. The third kappa shape index (κ3) is 3.43. The molecule has 5 nitrogen and oxygen atoms in total. The lowest BCUT2D eigenvalue weighted by molar-refractivity contribution is 0.580. The summed E-state index contributed by atoms with van der Waals surface area (Å²) in [4.78, 5) is 4.46. The van der Waals surface area contributed by atoms with Gasteiger partial charge in [0.25, 0.3) is 0 Å². The van der Waals surface area contributed by atoms with E-state index in [4.69, 9.17) is 5.73 Å². The predicted octanol–water partition coefficient (Wildman–Crippen LogP) is 1.70. The summed E-state index contributed by atoms with van der Waals surface area (Å²) in [6.07, 6.45) is 0. The SMILES string of the molecule is Cc1nc(CNS(=O)(=O)c2ccc(C)c(CN)c2)cs1. The van der Waals surface area contributed by atoms with Crippen LogP contribution in [0.15, 0.2) is 28.5 Å². The average molecular weight is 311 g/mol. The Bertz CT molecular complexity index is 708. The second-order valence-electron chi connectivity index (χ2n) is 4.47. The van der Waals surface area contributed by atoms with Crippen LogP contribution in [0.2, 0.25) is 0 Å². The monoisotopic (exact) mass is 311 g/mol. The van der Waals surface area contributed by atoms with Gasteiger partial charge in [-0.05, 0) is 37.1 Å². The lowest BCUT2D eigenvalue weighted by Gasteiger charge is -2.09. The Morgan fingerprint density at radius 2 is 2.10 bits per heavy atom. The summed E-state index contributed by atoms with van der Waals surface area (Å²) >= 11 is 1.50. The summed E-state index contributed by atoms with van der Waals surface area (Å²) in [7, 11) is -3.54. The summed E-state index contributed by atoms with van der Waals surface area (Å²) in [6.45, 7) is 4.30. The molecule has 0 spiro atoms. The zero-order chi connectivity index (χ0) is 14.8. The second kappa shape index (κ2) is 6.01. The van der Waals surface area contributed by atoms with Crippen LogP contribution < -0.4 is 10.5 Å². The summed E-state index contributed by atoms with van der Waals surface area (Å²) < 4.78 is 27.0. The highest BCUT2D eigenvalue weighted by Gasteiger charge is 2.15. The number of nitrogens with one attached hydrogen (secondary N) is 1. The van der Waals surface area contributed by atoms with Crippen LogP contribution in [0.4, 0.5) is 0 Å². The molecule has 0 aliphatic heterocycles. The Balaban J connectivity index is 2.17. The van der Waals surface area contributed by atoms with Gasteiger partial charge in [0.1, 0.15) is 0 Å². The number of hydrogen-bond donors (Lipinski definition) is 2. The molecule has 108 valence electrons. The van der Waals surface area contributed by atoms with E-state index >= 15 is 0 Å². The van der Waals surface area contributed by atoms with E-state index in [0.717, 1.165) is 21.8 Å². The van der Waals surface area contributed by atoms with Gasteiger partial charge in [0.15, 0.2) is 0 Å². The summed E-state index contributed by atoms with van der Waals surface area (Å²) in [5.41, 5.74) is 8.15. The summed E-state index contributed by atoms with van der Waals surface area (Å²) in [5, 5.41) is 2.76. The molecule has 1 heterocycles. The molecule has 0 amide bonds. The van der Waals surface area contributed by atoms with Crippen molar-refractivity contribution in [1.29, 1.82) is 0 Å². The molecule has 2 aromatic rings. The maximum Gasteiger partial charge on any atom is 0.240 e. The molecule has 0 radical (unpaired) electrons. The molecule has 0 fully saturated rings. The van der Waals surface area contributed by atoms with Crippen LogP contribution in [0.1, 0.15) is 21.8 Å². The largest absolute Gasteiger partial charge is 0.326 e. The van der Waals surface area contributed by atoms with Crippen molar-refractivity contribution in [3.8, 4) is 0 Å². The van der Waals surface area contributed by atoms with Crippen LogP contribution in [0.3, 0.4) is 0 Å². The number of nitrogens with two attached hydrogens (primary N) is 1. The zero-order valence-electron chi connectivity index (χ0n) is 11.4. The molecule has 1 aromatic carbocycles. The number of hydrogen-bond acceptors (Lipinski definition) is 5. The van der Waals surface area contributed by atoms with E-state index in [9.17, 15) is 8.42 Å². The Morgan fingerprint density at radius 1 is 1.35 bits per heavy atom. The fraction of sp³-hybridized carbons (Fsp3) is 0.308. The van der Waals surface area contributed by atoms with Crippen molar-refractivity contribution >= 4 is 21.4 Å². The van der Waals surface area contributed by atoms with E-state index < -0.39 is 10.0 Å². The molecule has 0 unspecified atom stereocenters. The summed E-state index contributed by atoms with van der Waals surface area (Å²) in [5.74, 6) is 0. The van der Waals surface area contributed by atoms with Crippen LogP contribution in [0.25, 0.3) is 0 Å². The number of thiazole rings is 1. The molecule has 0 bridgehead atoms. The highest BCUT2D eigenvalue weighted by atomic mass is 32.2. The smallest absolute Gasteiger partial charge is 0.240 e.